The maximum Gasteiger partial charge on any atom is 0.220 e. The van der Waals surface area contributed by atoms with Crippen molar-refractivity contribution in [1.82, 2.24) is 5.32 Å². The van der Waals surface area contributed by atoms with Crippen molar-refractivity contribution in [2.24, 2.45) is 0 Å². The molecule has 3 aromatic rings. The highest BCUT2D eigenvalue weighted by atomic mass is 16.5. The molecule has 3 rings (SSSR count). The smallest absolute Gasteiger partial charge is 0.220 e. The average molecular weight is 405 g/mol. The predicted octanol–water partition coefficient (Wildman–Crippen LogP) is 4.53. The van der Waals surface area contributed by atoms with Gasteiger partial charge in [0.05, 0.1) is 14.2 Å². The average Bonchev–Trinajstić information content (AvgIpc) is 2.81. The Morgan fingerprint density at radius 1 is 0.800 bits per heavy atom. The number of carbonyl (C=O) groups excluding carboxylic acids is 1. The molecular formula is C25H27NO4. The van der Waals surface area contributed by atoms with E-state index in [2.05, 4.69) is 5.32 Å². The summed E-state index contributed by atoms with van der Waals surface area (Å²) in [5.74, 6) is 2.15. The lowest BCUT2D eigenvalue weighted by atomic mass is 10.1. The van der Waals surface area contributed by atoms with Crippen molar-refractivity contribution in [3.8, 4) is 17.2 Å². The first kappa shape index (κ1) is 21.2. The summed E-state index contributed by atoms with van der Waals surface area (Å²) < 4.78 is 16.5. The van der Waals surface area contributed by atoms with Crippen molar-refractivity contribution in [2.75, 3.05) is 14.2 Å². The first-order valence-corrected chi connectivity index (χ1v) is 9.91. The molecule has 0 heterocycles. The third kappa shape index (κ3) is 6.27. The van der Waals surface area contributed by atoms with Gasteiger partial charge in [-0.1, -0.05) is 48.5 Å². The van der Waals surface area contributed by atoms with Crippen molar-refractivity contribution < 1.29 is 19.0 Å². The molecule has 1 amide bonds. The van der Waals surface area contributed by atoms with Crippen LogP contribution in [0.1, 0.15) is 23.1 Å². The molecule has 0 aliphatic heterocycles. The van der Waals surface area contributed by atoms with E-state index in [0.717, 1.165) is 22.4 Å². The number of methoxy groups -OCH3 is 2. The van der Waals surface area contributed by atoms with Crippen LogP contribution in [0.4, 0.5) is 0 Å². The third-order valence-electron chi connectivity index (χ3n) is 4.75. The first-order chi connectivity index (χ1) is 14.7. The number of hydrogen-bond acceptors (Lipinski definition) is 4. The molecule has 0 saturated heterocycles. The van der Waals surface area contributed by atoms with Crippen LogP contribution in [0.5, 0.6) is 17.2 Å². The number of hydrogen-bond donors (Lipinski definition) is 1. The van der Waals surface area contributed by atoms with E-state index >= 15 is 0 Å². The van der Waals surface area contributed by atoms with E-state index in [9.17, 15) is 4.79 Å². The minimum Gasteiger partial charge on any atom is -0.497 e. The highest BCUT2D eigenvalue weighted by molar-refractivity contribution is 5.76. The molecule has 0 aliphatic carbocycles. The van der Waals surface area contributed by atoms with Gasteiger partial charge in [0, 0.05) is 13.0 Å². The molecule has 3 aromatic carbocycles. The highest BCUT2D eigenvalue weighted by Crippen LogP contribution is 2.28. The van der Waals surface area contributed by atoms with Crippen LogP contribution in [0, 0.1) is 0 Å². The fourth-order valence-electron chi connectivity index (χ4n) is 3.02. The second-order valence-corrected chi connectivity index (χ2v) is 6.88. The predicted molar refractivity (Wildman–Crippen MR) is 117 cm³/mol. The maximum atomic E-state index is 12.2. The second kappa shape index (κ2) is 10.9. The van der Waals surface area contributed by atoms with Gasteiger partial charge in [0.2, 0.25) is 5.91 Å². The Morgan fingerprint density at radius 3 is 2.23 bits per heavy atom. The zero-order valence-corrected chi connectivity index (χ0v) is 17.4. The molecule has 0 spiro atoms. The number of carbonyl (C=O) groups is 1. The van der Waals surface area contributed by atoms with Crippen LogP contribution in [-0.4, -0.2) is 20.1 Å². The summed E-state index contributed by atoms with van der Waals surface area (Å²) in [6.45, 7) is 0.912. The SMILES string of the molecule is COc1ccc(CCC(=O)NCc2ccc(OCc3ccccc3)c(OC)c2)cc1. The second-order valence-electron chi connectivity index (χ2n) is 6.88. The summed E-state index contributed by atoms with van der Waals surface area (Å²) in [5, 5.41) is 2.96. The molecule has 0 bridgehead atoms. The van der Waals surface area contributed by atoms with Crippen LogP contribution in [0.15, 0.2) is 72.8 Å². The van der Waals surface area contributed by atoms with Gasteiger partial charge in [-0.3, -0.25) is 4.79 Å². The first-order valence-electron chi connectivity index (χ1n) is 9.91. The quantitative estimate of drug-likeness (QED) is 0.538. The summed E-state index contributed by atoms with van der Waals surface area (Å²) in [7, 11) is 3.25. The van der Waals surface area contributed by atoms with Gasteiger partial charge >= 0.3 is 0 Å². The molecule has 5 nitrogen and oxygen atoms in total. The molecule has 0 radical (unpaired) electrons. The Kier molecular flexibility index (Phi) is 7.72. The third-order valence-corrected chi connectivity index (χ3v) is 4.75. The zero-order valence-electron chi connectivity index (χ0n) is 17.4. The van der Waals surface area contributed by atoms with E-state index in [1.807, 2.05) is 72.8 Å². The number of ether oxygens (including phenoxy) is 3. The van der Waals surface area contributed by atoms with E-state index < -0.39 is 0 Å². The van der Waals surface area contributed by atoms with Gasteiger partial charge in [-0.2, -0.15) is 0 Å². The molecule has 30 heavy (non-hydrogen) atoms. The van der Waals surface area contributed by atoms with Crippen molar-refractivity contribution in [3.05, 3.63) is 89.5 Å². The molecular weight excluding hydrogens is 378 g/mol. The molecule has 0 atom stereocenters. The lowest BCUT2D eigenvalue weighted by Gasteiger charge is -2.13. The fraction of sp³-hybridized carbons (Fsp3) is 0.240. The van der Waals surface area contributed by atoms with Gasteiger partial charge in [0.25, 0.3) is 0 Å². The number of aryl methyl sites for hydroxylation is 1. The molecule has 156 valence electrons. The van der Waals surface area contributed by atoms with Crippen LogP contribution in [0.2, 0.25) is 0 Å². The molecule has 0 fully saturated rings. The molecule has 5 heteroatoms. The van der Waals surface area contributed by atoms with E-state index in [0.29, 0.717) is 37.5 Å². The van der Waals surface area contributed by atoms with Gasteiger partial charge in [-0.25, -0.2) is 0 Å². The number of benzene rings is 3. The molecule has 0 saturated carbocycles. The lowest BCUT2D eigenvalue weighted by Crippen LogP contribution is -2.23. The lowest BCUT2D eigenvalue weighted by molar-refractivity contribution is -0.121. The topological polar surface area (TPSA) is 56.8 Å². The number of rotatable bonds is 10. The Labute approximate surface area is 177 Å². The van der Waals surface area contributed by atoms with Gasteiger partial charge < -0.3 is 19.5 Å². The van der Waals surface area contributed by atoms with Crippen LogP contribution in [0.3, 0.4) is 0 Å². The number of amides is 1. The minimum atomic E-state index is 0.00851. The van der Waals surface area contributed by atoms with Crippen molar-refractivity contribution in [3.63, 3.8) is 0 Å². The van der Waals surface area contributed by atoms with Crippen molar-refractivity contribution in [2.45, 2.75) is 26.0 Å². The Balaban J connectivity index is 1.48. The minimum absolute atomic E-state index is 0.00851. The Hall–Kier alpha value is -3.47. The van der Waals surface area contributed by atoms with E-state index in [1.165, 1.54) is 0 Å². The van der Waals surface area contributed by atoms with E-state index in [-0.39, 0.29) is 5.91 Å². The van der Waals surface area contributed by atoms with Gasteiger partial charge in [-0.05, 0) is 47.4 Å². The summed E-state index contributed by atoms with van der Waals surface area (Å²) in [5.41, 5.74) is 3.15. The molecule has 0 aromatic heterocycles. The zero-order chi connectivity index (χ0) is 21.2. The summed E-state index contributed by atoms with van der Waals surface area (Å²) in [4.78, 5) is 12.2. The monoisotopic (exact) mass is 405 g/mol. The van der Waals surface area contributed by atoms with Crippen molar-refractivity contribution >= 4 is 5.91 Å². The Bertz CT molecular complexity index is 939. The standard InChI is InChI=1S/C25H27NO4/c1-28-22-12-8-19(9-13-22)11-15-25(27)26-17-21-10-14-23(24(16-21)29-2)30-18-20-6-4-3-5-7-20/h3-10,12-14,16H,11,15,17-18H2,1-2H3,(H,26,27). The summed E-state index contributed by atoms with van der Waals surface area (Å²) in [6.07, 6.45) is 1.12. The summed E-state index contributed by atoms with van der Waals surface area (Å²) in [6, 6.07) is 23.4. The van der Waals surface area contributed by atoms with Crippen LogP contribution in [0.25, 0.3) is 0 Å². The highest BCUT2D eigenvalue weighted by Gasteiger charge is 2.08. The Morgan fingerprint density at radius 2 is 1.53 bits per heavy atom. The normalized spacial score (nSPS) is 10.3. The molecule has 1 N–H and O–H groups in total. The molecule has 0 unspecified atom stereocenters. The van der Waals surface area contributed by atoms with Crippen LogP contribution >= 0.6 is 0 Å². The summed E-state index contributed by atoms with van der Waals surface area (Å²) >= 11 is 0. The molecule has 0 aliphatic rings. The van der Waals surface area contributed by atoms with Gasteiger partial charge in [0.15, 0.2) is 11.5 Å². The van der Waals surface area contributed by atoms with E-state index in [1.54, 1.807) is 14.2 Å². The van der Waals surface area contributed by atoms with Gasteiger partial charge in [-0.15, -0.1) is 0 Å². The van der Waals surface area contributed by atoms with Crippen molar-refractivity contribution in [1.29, 1.82) is 0 Å². The van der Waals surface area contributed by atoms with Gasteiger partial charge in [0.1, 0.15) is 12.4 Å². The fourth-order valence-corrected chi connectivity index (χ4v) is 3.02. The van der Waals surface area contributed by atoms with Crippen LogP contribution < -0.4 is 19.5 Å². The maximum absolute atomic E-state index is 12.2. The van der Waals surface area contributed by atoms with E-state index in [4.69, 9.17) is 14.2 Å². The van der Waals surface area contributed by atoms with Crippen LogP contribution in [-0.2, 0) is 24.4 Å². The number of nitrogens with one attached hydrogen (secondary N) is 1. The largest absolute Gasteiger partial charge is 0.497 e.